The van der Waals surface area contributed by atoms with Gasteiger partial charge in [0.1, 0.15) is 0 Å². The SMILES string of the molecule is CN1CCN(Cc2ccn(Cc3cccc(Cl)c3)c(=O)c2O)CC1. The molecule has 0 bridgehead atoms. The molecule has 0 spiro atoms. The fourth-order valence-corrected chi connectivity index (χ4v) is 3.14. The van der Waals surface area contributed by atoms with Gasteiger partial charge in [-0.05, 0) is 30.8 Å². The maximum absolute atomic E-state index is 12.4. The molecule has 1 saturated heterocycles. The minimum atomic E-state index is -0.360. The van der Waals surface area contributed by atoms with E-state index < -0.39 is 0 Å². The summed E-state index contributed by atoms with van der Waals surface area (Å²) in [5, 5.41) is 10.9. The van der Waals surface area contributed by atoms with Crippen molar-refractivity contribution in [2.45, 2.75) is 13.1 Å². The predicted molar refractivity (Wildman–Crippen MR) is 95.7 cm³/mol. The summed E-state index contributed by atoms with van der Waals surface area (Å²) in [5.41, 5.74) is 1.25. The van der Waals surface area contributed by atoms with Crippen LogP contribution in [0, 0.1) is 0 Å². The van der Waals surface area contributed by atoms with Crippen LogP contribution in [0.1, 0.15) is 11.1 Å². The van der Waals surface area contributed by atoms with Gasteiger partial charge in [-0.1, -0.05) is 23.7 Å². The van der Waals surface area contributed by atoms with E-state index in [1.807, 2.05) is 24.3 Å². The van der Waals surface area contributed by atoms with Crippen molar-refractivity contribution in [2.75, 3.05) is 33.2 Å². The maximum Gasteiger partial charge on any atom is 0.293 e. The van der Waals surface area contributed by atoms with Crippen molar-refractivity contribution in [3.63, 3.8) is 0 Å². The lowest BCUT2D eigenvalue weighted by Gasteiger charge is -2.32. The number of hydrogen-bond donors (Lipinski definition) is 1. The highest BCUT2D eigenvalue weighted by atomic mass is 35.5. The van der Waals surface area contributed by atoms with Crippen molar-refractivity contribution >= 4 is 11.6 Å². The zero-order chi connectivity index (χ0) is 17.1. The van der Waals surface area contributed by atoms with E-state index >= 15 is 0 Å². The fourth-order valence-electron chi connectivity index (χ4n) is 2.93. The number of benzene rings is 1. The summed E-state index contributed by atoms with van der Waals surface area (Å²) in [6.45, 7) is 4.90. The average molecular weight is 348 g/mol. The van der Waals surface area contributed by atoms with Gasteiger partial charge in [-0.3, -0.25) is 9.69 Å². The van der Waals surface area contributed by atoms with Gasteiger partial charge < -0.3 is 14.6 Å². The zero-order valence-electron chi connectivity index (χ0n) is 13.8. The van der Waals surface area contributed by atoms with Gasteiger partial charge in [0.2, 0.25) is 0 Å². The molecule has 1 aromatic heterocycles. The molecule has 1 aromatic carbocycles. The van der Waals surface area contributed by atoms with Crippen LogP contribution < -0.4 is 5.56 Å². The quantitative estimate of drug-likeness (QED) is 0.919. The van der Waals surface area contributed by atoms with E-state index in [1.54, 1.807) is 12.3 Å². The Balaban J connectivity index is 1.75. The minimum absolute atomic E-state index is 0.154. The average Bonchev–Trinajstić information content (AvgIpc) is 2.56. The van der Waals surface area contributed by atoms with Gasteiger partial charge in [0.05, 0.1) is 6.54 Å². The van der Waals surface area contributed by atoms with Gasteiger partial charge in [-0.2, -0.15) is 0 Å². The third-order valence-corrected chi connectivity index (χ3v) is 4.69. The second-order valence-corrected chi connectivity index (χ2v) is 6.77. The molecule has 2 aromatic rings. The van der Waals surface area contributed by atoms with Crippen LogP contribution in [-0.4, -0.2) is 52.7 Å². The normalized spacial score (nSPS) is 16.4. The Morgan fingerprint density at radius 3 is 2.58 bits per heavy atom. The van der Waals surface area contributed by atoms with Crippen molar-refractivity contribution in [1.29, 1.82) is 0 Å². The molecule has 24 heavy (non-hydrogen) atoms. The highest BCUT2D eigenvalue weighted by Crippen LogP contribution is 2.16. The molecule has 1 fully saturated rings. The van der Waals surface area contributed by atoms with E-state index in [9.17, 15) is 9.90 Å². The lowest BCUT2D eigenvalue weighted by Crippen LogP contribution is -2.44. The van der Waals surface area contributed by atoms with Gasteiger partial charge in [-0.25, -0.2) is 0 Å². The number of halogens is 1. The molecule has 0 saturated carbocycles. The first-order valence-electron chi connectivity index (χ1n) is 8.09. The Hall–Kier alpha value is -1.82. The van der Waals surface area contributed by atoms with Gasteiger partial charge >= 0.3 is 0 Å². The summed E-state index contributed by atoms with van der Waals surface area (Å²) >= 11 is 5.98. The lowest BCUT2D eigenvalue weighted by atomic mass is 10.2. The third-order valence-electron chi connectivity index (χ3n) is 4.46. The van der Waals surface area contributed by atoms with Crippen molar-refractivity contribution in [3.05, 3.63) is 63.0 Å². The summed E-state index contributed by atoms with van der Waals surface area (Å²) in [7, 11) is 2.10. The monoisotopic (exact) mass is 347 g/mol. The zero-order valence-corrected chi connectivity index (χ0v) is 14.5. The molecule has 2 heterocycles. The van der Waals surface area contributed by atoms with E-state index in [-0.39, 0.29) is 11.3 Å². The maximum atomic E-state index is 12.4. The molecule has 1 N–H and O–H groups in total. The van der Waals surface area contributed by atoms with Crippen LogP contribution in [0.4, 0.5) is 0 Å². The molecule has 0 radical (unpaired) electrons. The largest absolute Gasteiger partial charge is 0.503 e. The molecule has 6 heteroatoms. The number of rotatable bonds is 4. The van der Waals surface area contributed by atoms with Crippen LogP contribution in [0.3, 0.4) is 0 Å². The molecular formula is C18H22ClN3O2. The van der Waals surface area contributed by atoms with E-state index in [1.165, 1.54) is 4.57 Å². The van der Waals surface area contributed by atoms with Crippen molar-refractivity contribution < 1.29 is 5.11 Å². The molecule has 0 atom stereocenters. The minimum Gasteiger partial charge on any atom is -0.503 e. The summed E-state index contributed by atoms with van der Waals surface area (Å²) in [6.07, 6.45) is 1.74. The molecule has 1 aliphatic rings. The molecule has 0 unspecified atom stereocenters. The molecule has 128 valence electrons. The van der Waals surface area contributed by atoms with E-state index in [2.05, 4.69) is 16.8 Å². The van der Waals surface area contributed by atoms with Crippen LogP contribution in [0.2, 0.25) is 5.02 Å². The molecule has 0 aliphatic carbocycles. The number of hydrogen-bond acceptors (Lipinski definition) is 4. The number of aromatic hydroxyl groups is 1. The topological polar surface area (TPSA) is 48.7 Å². The van der Waals surface area contributed by atoms with Crippen molar-refractivity contribution in [1.82, 2.24) is 14.4 Å². The first kappa shape index (κ1) is 17.0. The Labute approximate surface area is 146 Å². The highest BCUT2D eigenvalue weighted by Gasteiger charge is 2.17. The van der Waals surface area contributed by atoms with Crippen molar-refractivity contribution in [2.24, 2.45) is 0 Å². The second-order valence-electron chi connectivity index (χ2n) is 6.33. The van der Waals surface area contributed by atoms with Gasteiger partial charge in [0.15, 0.2) is 5.75 Å². The summed E-state index contributed by atoms with van der Waals surface area (Å²) < 4.78 is 1.51. The highest BCUT2D eigenvalue weighted by molar-refractivity contribution is 6.30. The van der Waals surface area contributed by atoms with E-state index in [0.29, 0.717) is 23.7 Å². The van der Waals surface area contributed by atoms with Gasteiger partial charge in [0, 0.05) is 49.5 Å². The Morgan fingerprint density at radius 2 is 1.88 bits per heavy atom. The second kappa shape index (κ2) is 7.38. The lowest BCUT2D eigenvalue weighted by molar-refractivity contribution is 0.147. The molecule has 0 amide bonds. The van der Waals surface area contributed by atoms with E-state index in [0.717, 1.165) is 31.7 Å². The fraction of sp³-hybridized carbons (Fsp3) is 0.389. The predicted octanol–water partition coefficient (Wildman–Crippen LogP) is 2.00. The Morgan fingerprint density at radius 1 is 1.12 bits per heavy atom. The summed E-state index contributed by atoms with van der Waals surface area (Å²) in [6, 6.07) is 9.21. The number of piperazine rings is 1. The van der Waals surface area contributed by atoms with Gasteiger partial charge in [-0.15, -0.1) is 0 Å². The molecule has 5 nitrogen and oxygen atoms in total. The molecular weight excluding hydrogens is 326 g/mol. The number of aromatic nitrogens is 1. The van der Waals surface area contributed by atoms with Gasteiger partial charge in [0.25, 0.3) is 5.56 Å². The number of likely N-dealkylation sites (N-methyl/N-ethyl adjacent to an activating group) is 1. The van der Waals surface area contributed by atoms with Crippen LogP contribution in [0.25, 0.3) is 0 Å². The number of nitrogens with zero attached hydrogens (tertiary/aromatic N) is 3. The van der Waals surface area contributed by atoms with Crippen LogP contribution in [0.15, 0.2) is 41.3 Å². The smallest absolute Gasteiger partial charge is 0.293 e. The molecule has 3 rings (SSSR count). The summed E-state index contributed by atoms with van der Waals surface area (Å²) in [4.78, 5) is 17.0. The number of pyridine rings is 1. The Bertz CT molecular complexity index is 767. The first-order valence-corrected chi connectivity index (χ1v) is 8.47. The van der Waals surface area contributed by atoms with Crippen LogP contribution in [-0.2, 0) is 13.1 Å². The standard InChI is InChI=1S/C18H22ClN3O2/c1-20-7-9-21(10-8-20)13-15-5-6-22(18(24)17(15)23)12-14-3-2-4-16(19)11-14/h2-6,11,23H,7-10,12-13H2,1H3. The summed E-state index contributed by atoms with van der Waals surface area (Å²) in [5.74, 6) is -0.154. The first-order chi connectivity index (χ1) is 11.5. The van der Waals surface area contributed by atoms with Crippen molar-refractivity contribution in [3.8, 4) is 5.75 Å². The Kier molecular flexibility index (Phi) is 5.23. The molecule has 1 aliphatic heterocycles. The van der Waals surface area contributed by atoms with Crippen LogP contribution in [0.5, 0.6) is 5.75 Å². The van der Waals surface area contributed by atoms with Crippen LogP contribution >= 0.6 is 11.6 Å². The third kappa shape index (κ3) is 3.98. The van der Waals surface area contributed by atoms with E-state index in [4.69, 9.17) is 11.6 Å².